The van der Waals surface area contributed by atoms with Gasteiger partial charge in [-0.15, -0.1) is 5.06 Å². The van der Waals surface area contributed by atoms with Gasteiger partial charge in [-0.25, -0.2) is 4.79 Å². The van der Waals surface area contributed by atoms with Crippen LogP contribution in [0.25, 0.3) is 6.08 Å². The van der Waals surface area contributed by atoms with Crippen molar-refractivity contribution in [1.82, 2.24) is 5.06 Å². The highest BCUT2D eigenvalue weighted by atomic mass is 16.8. The molecular weight excluding hydrogens is 410 g/mol. The van der Waals surface area contributed by atoms with Gasteiger partial charge in [0.05, 0.1) is 17.2 Å². The summed E-state index contributed by atoms with van der Waals surface area (Å²) in [5.74, 6) is 0.774. The van der Waals surface area contributed by atoms with E-state index in [9.17, 15) is 4.79 Å². The molecule has 0 amide bonds. The van der Waals surface area contributed by atoms with E-state index in [4.69, 9.17) is 23.8 Å². The van der Waals surface area contributed by atoms with E-state index in [1.54, 1.807) is 20.1 Å². The van der Waals surface area contributed by atoms with Gasteiger partial charge in [0.25, 0.3) is 0 Å². The maximum Gasteiger partial charge on any atom is 0.516 e. The van der Waals surface area contributed by atoms with Crippen LogP contribution in [0.4, 0.5) is 4.79 Å². The number of aryl methyl sites for hydroxylation is 1. The predicted octanol–water partition coefficient (Wildman–Crippen LogP) is 5.75. The number of ether oxygens (including phenoxy) is 4. The van der Waals surface area contributed by atoms with Crippen LogP contribution in [0.3, 0.4) is 0 Å². The number of rotatable bonds is 9. The zero-order chi connectivity index (χ0) is 24.1. The van der Waals surface area contributed by atoms with E-state index >= 15 is 0 Å². The number of hydrogen-bond donors (Lipinski definition) is 0. The van der Waals surface area contributed by atoms with Crippen molar-refractivity contribution < 1.29 is 28.6 Å². The summed E-state index contributed by atoms with van der Waals surface area (Å²) in [6, 6.07) is 3.83. The molecule has 2 rings (SSSR count). The van der Waals surface area contributed by atoms with Crippen molar-refractivity contribution in [2.75, 3.05) is 13.7 Å². The van der Waals surface area contributed by atoms with Gasteiger partial charge < -0.3 is 23.8 Å². The van der Waals surface area contributed by atoms with E-state index in [0.717, 1.165) is 18.4 Å². The topological polar surface area (TPSA) is 66.5 Å². The molecule has 7 heteroatoms. The summed E-state index contributed by atoms with van der Waals surface area (Å²) in [6.07, 6.45) is 2.50. The molecule has 1 unspecified atom stereocenters. The molecule has 0 bridgehead atoms. The Morgan fingerprint density at radius 1 is 1.19 bits per heavy atom. The number of hydroxylamine groups is 2. The predicted molar refractivity (Wildman–Crippen MR) is 125 cm³/mol. The molecule has 1 saturated heterocycles. The molecule has 1 aromatic rings. The maximum atomic E-state index is 12.5. The largest absolute Gasteiger partial charge is 0.516 e. The average Bonchev–Trinajstić information content (AvgIpc) is 2.70. The van der Waals surface area contributed by atoms with E-state index in [1.807, 2.05) is 31.0 Å². The van der Waals surface area contributed by atoms with Crippen LogP contribution in [0, 0.1) is 0 Å². The number of hydrogen-bond acceptors (Lipinski definition) is 7. The molecule has 1 fully saturated rings. The van der Waals surface area contributed by atoms with Gasteiger partial charge in [0.2, 0.25) is 6.29 Å². The van der Waals surface area contributed by atoms with Gasteiger partial charge in [-0.1, -0.05) is 31.7 Å². The number of benzene rings is 1. The van der Waals surface area contributed by atoms with E-state index in [-0.39, 0.29) is 22.9 Å². The molecule has 0 saturated carbocycles. The molecule has 1 heterocycles. The third-order valence-corrected chi connectivity index (χ3v) is 5.74. The Morgan fingerprint density at radius 3 is 2.31 bits per heavy atom. The van der Waals surface area contributed by atoms with Gasteiger partial charge in [-0.2, -0.15) is 0 Å². The number of carbonyl (C=O) groups excluding carboxylic acids is 1. The van der Waals surface area contributed by atoms with Crippen LogP contribution in [-0.4, -0.2) is 48.4 Å². The van der Waals surface area contributed by atoms with Crippen LogP contribution in [0.15, 0.2) is 18.7 Å². The minimum Gasteiger partial charge on any atom is -0.404 e. The normalized spacial score (nSPS) is 19.2. The molecule has 0 aliphatic carbocycles. The van der Waals surface area contributed by atoms with Gasteiger partial charge in [0.15, 0.2) is 11.5 Å². The second-order valence-corrected chi connectivity index (χ2v) is 9.30. The lowest BCUT2D eigenvalue weighted by molar-refractivity contribution is -0.237. The fraction of sp³-hybridized carbons (Fsp3) is 0.640. The summed E-state index contributed by atoms with van der Waals surface area (Å²) in [7, 11) is 1.75. The first-order valence-corrected chi connectivity index (χ1v) is 11.3. The molecule has 7 nitrogen and oxygen atoms in total. The zero-order valence-corrected chi connectivity index (χ0v) is 20.8. The molecule has 180 valence electrons. The summed E-state index contributed by atoms with van der Waals surface area (Å²) in [6.45, 7) is 18.3. The lowest BCUT2D eigenvalue weighted by atomic mass is 9.80. The Balaban J connectivity index is 2.45. The number of methoxy groups -OCH3 is 1. The lowest BCUT2D eigenvalue weighted by Crippen LogP contribution is -2.63. The number of carbonyl (C=O) groups is 1. The van der Waals surface area contributed by atoms with Gasteiger partial charge in [0, 0.05) is 24.8 Å². The Kier molecular flexibility index (Phi) is 8.74. The van der Waals surface area contributed by atoms with Crippen LogP contribution in [-0.2, 0) is 20.6 Å². The summed E-state index contributed by atoms with van der Waals surface area (Å²) in [5, 5.41) is 2.00. The Bertz CT molecular complexity index is 786. The van der Waals surface area contributed by atoms with Crippen LogP contribution < -0.4 is 9.57 Å². The quantitative estimate of drug-likeness (QED) is 0.270. The first-order chi connectivity index (χ1) is 15.0. The molecule has 1 aliphatic heterocycles. The molecule has 1 atom stereocenters. The van der Waals surface area contributed by atoms with Crippen LogP contribution >= 0.6 is 0 Å². The van der Waals surface area contributed by atoms with Gasteiger partial charge >= 0.3 is 6.16 Å². The smallest absolute Gasteiger partial charge is 0.404 e. The standard InChI is InChI=1S/C25H39NO6/c1-10-18-13-14-19(11-2)22(21(18)31-23(27)30-17(4)29-12-3)32-26-24(5,6)15-20(28-9)16-25(26,7)8/h10,13-14,17,20H,1,11-12,15-16H2,2-9H3. The Labute approximate surface area is 192 Å². The van der Waals surface area contributed by atoms with Gasteiger partial charge in [0.1, 0.15) is 0 Å². The molecule has 0 spiro atoms. The molecule has 1 aromatic carbocycles. The Hall–Kier alpha value is -2.09. The van der Waals surface area contributed by atoms with E-state index in [1.165, 1.54) is 0 Å². The third-order valence-electron chi connectivity index (χ3n) is 5.74. The van der Waals surface area contributed by atoms with Crippen LogP contribution in [0.2, 0.25) is 0 Å². The second kappa shape index (κ2) is 10.7. The van der Waals surface area contributed by atoms with Crippen LogP contribution in [0.5, 0.6) is 11.5 Å². The van der Waals surface area contributed by atoms with Crippen molar-refractivity contribution in [3.8, 4) is 11.5 Å². The Morgan fingerprint density at radius 2 is 1.81 bits per heavy atom. The zero-order valence-electron chi connectivity index (χ0n) is 20.8. The lowest BCUT2D eigenvalue weighted by Gasteiger charge is -2.53. The fourth-order valence-electron chi connectivity index (χ4n) is 4.45. The van der Waals surface area contributed by atoms with E-state index in [2.05, 4.69) is 34.3 Å². The number of piperidine rings is 1. The second-order valence-electron chi connectivity index (χ2n) is 9.30. The van der Waals surface area contributed by atoms with Crippen molar-refractivity contribution in [3.63, 3.8) is 0 Å². The van der Waals surface area contributed by atoms with Gasteiger partial charge in [-0.3, -0.25) is 0 Å². The van der Waals surface area contributed by atoms with Crippen molar-refractivity contribution >= 4 is 12.2 Å². The van der Waals surface area contributed by atoms with Crippen molar-refractivity contribution in [3.05, 3.63) is 29.8 Å². The van der Waals surface area contributed by atoms with Crippen molar-refractivity contribution in [2.24, 2.45) is 0 Å². The summed E-state index contributed by atoms with van der Waals surface area (Å²) in [4.78, 5) is 19.1. The highest BCUT2D eigenvalue weighted by Gasteiger charge is 2.48. The molecular formula is C25H39NO6. The summed E-state index contributed by atoms with van der Waals surface area (Å²) in [5.41, 5.74) is 0.912. The molecule has 0 aromatic heterocycles. The van der Waals surface area contributed by atoms with Gasteiger partial charge in [-0.05, 0) is 60.8 Å². The first kappa shape index (κ1) is 26.2. The van der Waals surface area contributed by atoms with Crippen LogP contribution in [0.1, 0.15) is 72.4 Å². The maximum absolute atomic E-state index is 12.5. The molecule has 0 radical (unpaired) electrons. The highest BCUT2D eigenvalue weighted by molar-refractivity contribution is 5.71. The summed E-state index contributed by atoms with van der Waals surface area (Å²) >= 11 is 0. The SMILES string of the molecule is C=Cc1ccc(CC)c(ON2C(C)(C)CC(OC)CC2(C)C)c1OC(=O)OC(C)OCC. The molecule has 32 heavy (non-hydrogen) atoms. The monoisotopic (exact) mass is 449 g/mol. The fourth-order valence-corrected chi connectivity index (χ4v) is 4.45. The third kappa shape index (κ3) is 6.03. The van der Waals surface area contributed by atoms with Crippen molar-refractivity contribution in [2.45, 2.75) is 91.2 Å². The summed E-state index contributed by atoms with van der Waals surface area (Å²) < 4.78 is 21.8. The van der Waals surface area contributed by atoms with E-state index in [0.29, 0.717) is 24.3 Å². The van der Waals surface area contributed by atoms with Crippen molar-refractivity contribution in [1.29, 1.82) is 0 Å². The first-order valence-electron chi connectivity index (χ1n) is 11.3. The average molecular weight is 450 g/mol. The molecule has 0 N–H and O–H groups in total. The number of nitrogens with zero attached hydrogens (tertiary/aromatic N) is 1. The highest BCUT2D eigenvalue weighted by Crippen LogP contribution is 2.44. The minimum atomic E-state index is -0.858. The molecule has 1 aliphatic rings. The van der Waals surface area contributed by atoms with E-state index < -0.39 is 12.4 Å². The minimum absolute atomic E-state index is 0.135.